The minimum atomic E-state index is -0.128. The Morgan fingerprint density at radius 3 is 2.88 bits per heavy atom. The van der Waals surface area contributed by atoms with Crippen molar-refractivity contribution in [1.29, 1.82) is 0 Å². The van der Waals surface area contributed by atoms with Crippen molar-refractivity contribution in [2.24, 2.45) is 11.8 Å². The van der Waals surface area contributed by atoms with Gasteiger partial charge < -0.3 is 0 Å². The molecule has 0 spiro atoms. The van der Waals surface area contributed by atoms with E-state index in [0.717, 1.165) is 37.0 Å². The number of rotatable bonds is 3. The Balaban J connectivity index is 1.92. The molecule has 1 saturated heterocycles. The first-order valence-electron chi connectivity index (χ1n) is 6.12. The van der Waals surface area contributed by atoms with E-state index in [1.165, 1.54) is 12.5 Å². The lowest BCUT2D eigenvalue weighted by molar-refractivity contribution is 0.296. The van der Waals surface area contributed by atoms with Gasteiger partial charge in [-0.1, -0.05) is 26.0 Å². The molecule has 0 N–H and O–H groups in total. The van der Waals surface area contributed by atoms with E-state index in [1.807, 2.05) is 6.07 Å². The molecule has 2 rings (SSSR count). The standard InChI is InChI=1S/C14H20FN/c1-11(2)13-6-7-16(10-13)9-12-4-3-5-14(15)8-12/h3-5,8,11,13H,6-7,9-10H2,1-2H3. The summed E-state index contributed by atoms with van der Waals surface area (Å²) in [6.07, 6.45) is 1.28. The van der Waals surface area contributed by atoms with Gasteiger partial charge in [-0.25, -0.2) is 4.39 Å². The Hall–Kier alpha value is -0.890. The maximum Gasteiger partial charge on any atom is 0.123 e. The molecule has 0 saturated carbocycles. The van der Waals surface area contributed by atoms with Gasteiger partial charge in [-0.15, -0.1) is 0 Å². The van der Waals surface area contributed by atoms with Crippen LogP contribution in [-0.4, -0.2) is 18.0 Å². The molecule has 1 heterocycles. The predicted molar refractivity (Wildman–Crippen MR) is 64.6 cm³/mol. The van der Waals surface area contributed by atoms with Gasteiger partial charge in [0.15, 0.2) is 0 Å². The van der Waals surface area contributed by atoms with Gasteiger partial charge in [0.2, 0.25) is 0 Å². The van der Waals surface area contributed by atoms with Crippen molar-refractivity contribution in [1.82, 2.24) is 4.90 Å². The lowest BCUT2D eigenvalue weighted by Gasteiger charge is -2.17. The molecule has 88 valence electrons. The summed E-state index contributed by atoms with van der Waals surface area (Å²) < 4.78 is 13.0. The average molecular weight is 221 g/mol. The van der Waals surface area contributed by atoms with Crippen LogP contribution in [0.2, 0.25) is 0 Å². The normalized spacial score (nSPS) is 21.9. The van der Waals surface area contributed by atoms with Crippen LogP contribution in [0, 0.1) is 17.7 Å². The molecule has 0 aliphatic carbocycles. The second-order valence-corrected chi connectivity index (χ2v) is 5.16. The van der Waals surface area contributed by atoms with Crippen LogP contribution in [0.1, 0.15) is 25.8 Å². The highest BCUT2D eigenvalue weighted by Gasteiger charge is 2.24. The lowest BCUT2D eigenvalue weighted by Crippen LogP contribution is -2.21. The highest BCUT2D eigenvalue weighted by molar-refractivity contribution is 5.16. The van der Waals surface area contributed by atoms with Crippen LogP contribution < -0.4 is 0 Å². The summed E-state index contributed by atoms with van der Waals surface area (Å²) in [6, 6.07) is 6.94. The monoisotopic (exact) mass is 221 g/mol. The molecule has 16 heavy (non-hydrogen) atoms. The summed E-state index contributed by atoms with van der Waals surface area (Å²) in [5, 5.41) is 0. The topological polar surface area (TPSA) is 3.24 Å². The molecule has 1 aliphatic heterocycles. The van der Waals surface area contributed by atoms with Crippen molar-refractivity contribution in [3.05, 3.63) is 35.6 Å². The van der Waals surface area contributed by atoms with E-state index in [-0.39, 0.29) is 5.82 Å². The summed E-state index contributed by atoms with van der Waals surface area (Å²) in [5.74, 6) is 1.45. The molecule has 1 nitrogen and oxygen atoms in total. The third kappa shape index (κ3) is 2.82. The molecule has 1 atom stereocenters. The smallest absolute Gasteiger partial charge is 0.123 e. The second-order valence-electron chi connectivity index (χ2n) is 5.16. The van der Waals surface area contributed by atoms with Crippen LogP contribution in [0.25, 0.3) is 0 Å². The molecule has 0 bridgehead atoms. The number of hydrogen-bond donors (Lipinski definition) is 0. The van der Waals surface area contributed by atoms with E-state index in [1.54, 1.807) is 12.1 Å². The van der Waals surface area contributed by atoms with Crippen LogP contribution in [0.5, 0.6) is 0 Å². The zero-order valence-electron chi connectivity index (χ0n) is 10.1. The zero-order chi connectivity index (χ0) is 11.5. The summed E-state index contributed by atoms with van der Waals surface area (Å²) in [6.45, 7) is 7.78. The molecular formula is C14H20FN. The first kappa shape index (κ1) is 11.6. The zero-order valence-corrected chi connectivity index (χ0v) is 10.1. The minimum Gasteiger partial charge on any atom is -0.299 e. The number of likely N-dealkylation sites (tertiary alicyclic amines) is 1. The van der Waals surface area contributed by atoms with Gasteiger partial charge in [-0.05, 0) is 42.5 Å². The molecular weight excluding hydrogens is 201 g/mol. The van der Waals surface area contributed by atoms with Gasteiger partial charge in [-0.3, -0.25) is 4.90 Å². The minimum absolute atomic E-state index is 0.128. The first-order chi connectivity index (χ1) is 7.65. The highest BCUT2D eigenvalue weighted by Crippen LogP contribution is 2.24. The Labute approximate surface area is 97.3 Å². The third-order valence-corrected chi connectivity index (χ3v) is 3.55. The van der Waals surface area contributed by atoms with Crippen molar-refractivity contribution >= 4 is 0 Å². The van der Waals surface area contributed by atoms with Gasteiger partial charge in [0, 0.05) is 13.1 Å². The fraction of sp³-hybridized carbons (Fsp3) is 0.571. The van der Waals surface area contributed by atoms with Crippen LogP contribution in [-0.2, 0) is 6.54 Å². The van der Waals surface area contributed by atoms with Gasteiger partial charge >= 0.3 is 0 Å². The molecule has 1 aromatic rings. The molecule has 0 aromatic heterocycles. The third-order valence-electron chi connectivity index (χ3n) is 3.55. The van der Waals surface area contributed by atoms with E-state index in [2.05, 4.69) is 18.7 Å². The van der Waals surface area contributed by atoms with Gasteiger partial charge in [0.1, 0.15) is 5.82 Å². The highest BCUT2D eigenvalue weighted by atomic mass is 19.1. The SMILES string of the molecule is CC(C)C1CCN(Cc2cccc(F)c2)C1. The fourth-order valence-electron chi connectivity index (χ4n) is 2.44. The van der Waals surface area contributed by atoms with Gasteiger partial charge in [0.25, 0.3) is 0 Å². The van der Waals surface area contributed by atoms with Gasteiger partial charge in [0.05, 0.1) is 0 Å². The van der Waals surface area contributed by atoms with Crippen molar-refractivity contribution < 1.29 is 4.39 Å². The van der Waals surface area contributed by atoms with Crippen molar-refractivity contribution in [3.63, 3.8) is 0 Å². The lowest BCUT2D eigenvalue weighted by atomic mass is 9.95. The molecule has 2 heteroatoms. The number of benzene rings is 1. The Morgan fingerprint density at radius 1 is 1.44 bits per heavy atom. The van der Waals surface area contributed by atoms with Crippen LogP contribution in [0.15, 0.2) is 24.3 Å². The van der Waals surface area contributed by atoms with Crippen molar-refractivity contribution in [3.8, 4) is 0 Å². The van der Waals surface area contributed by atoms with E-state index in [9.17, 15) is 4.39 Å². The molecule has 0 amide bonds. The van der Waals surface area contributed by atoms with E-state index in [4.69, 9.17) is 0 Å². The van der Waals surface area contributed by atoms with Crippen LogP contribution in [0.4, 0.5) is 4.39 Å². The Kier molecular flexibility index (Phi) is 3.59. The maximum atomic E-state index is 13.0. The first-order valence-corrected chi connectivity index (χ1v) is 6.12. The fourth-order valence-corrected chi connectivity index (χ4v) is 2.44. The van der Waals surface area contributed by atoms with E-state index >= 15 is 0 Å². The predicted octanol–water partition coefficient (Wildman–Crippen LogP) is 3.30. The van der Waals surface area contributed by atoms with E-state index < -0.39 is 0 Å². The number of hydrogen-bond acceptors (Lipinski definition) is 1. The quantitative estimate of drug-likeness (QED) is 0.757. The average Bonchev–Trinajstić information content (AvgIpc) is 2.66. The molecule has 1 fully saturated rings. The molecule has 1 aliphatic rings. The number of halogens is 1. The second kappa shape index (κ2) is 4.96. The van der Waals surface area contributed by atoms with E-state index in [0.29, 0.717) is 0 Å². The Morgan fingerprint density at radius 2 is 2.25 bits per heavy atom. The summed E-state index contributed by atoms with van der Waals surface area (Å²) in [7, 11) is 0. The maximum absolute atomic E-state index is 13.0. The largest absolute Gasteiger partial charge is 0.299 e. The summed E-state index contributed by atoms with van der Waals surface area (Å²) in [4.78, 5) is 2.43. The summed E-state index contributed by atoms with van der Waals surface area (Å²) >= 11 is 0. The molecule has 1 unspecified atom stereocenters. The Bertz CT molecular complexity index is 348. The van der Waals surface area contributed by atoms with Crippen molar-refractivity contribution in [2.45, 2.75) is 26.8 Å². The van der Waals surface area contributed by atoms with Crippen LogP contribution >= 0.6 is 0 Å². The number of nitrogens with zero attached hydrogens (tertiary/aromatic N) is 1. The van der Waals surface area contributed by atoms with Crippen molar-refractivity contribution in [2.75, 3.05) is 13.1 Å². The summed E-state index contributed by atoms with van der Waals surface area (Å²) in [5.41, 5.74) is 1.09. The van der Waals surface area contributed by atoms with Gasteiger partial charge in [-0.2, -0.15) is 0 Å². The van der Waals surface area contributed by atoms with Crippen LogP contribution in [0.3, 0.4) is 0 Å². The molecule has 1 aromatic carbocycles. The molecule has 0 radical (unpaired) electrons.